The van der Waals surface area contributed by atoms with Crippen molar-refractivity contribution in [1.29, 1.82) is 0 Å². The molecule has 24 heavy (non-hydrogen) atoms. The Hall–Kier alpha value is -2.60. The van der Waals surface area contributed by atoms with Gasteiger partial charge in [-0.3, -0.25) is 9.48 Å². The molecular formula is C18H22N4O2. The highest BCUT2D eigenvalue weighted by atomic mass is 16.5. The normalized spacial score (nSPS) is 11.0. The van der Waals surface area contributed by atoms with Gasteiger partial charge in [0.25, 0.3) is 0 Å². The summed E-state index contributed by atoms with van der Waals surface area (Å²) in [4.78, 5) is 12.1. The van der Waals surface area contributed by atoms with Crippen molar-refractivity contribution < 1.29 is 9.53 Å². The summed E-state index contributed by atoms with van der Waals surface area (Å²) in [5.74, 6) is 0.0158. The van der Waals surface area contributed by atoms with Gasteiger partial charge >= 0.3 is 0 Å². The van der Waals surface area contributed by atoms with Gasteiger partial charge in [-0.05, 0) is 17.7 Å². The molecule has 6 heteroatoms. The highest BCUT2D eigenvalue weighted by molar-refractivity contribution is 5.89. The van der Waals surface area contributed by atoms with Gasteiger partial charge in [-0.15, -0.1) is 0 Å². The molecule has 0 aliphatic carbocycles. The van der Waals surface area contributed by atoms with Crippen molar-refractivity contribution in [2.45, 2.75) is 13.0 Å². The van der Waals surface area contributed by atoms with Crippen molar-refractivity contribution in [3.63, 3.8) is 0 Å². The first kappa shape index (κ1) is 16.3. The molecule has 2 aromatic heterocycles. The van der Waals surface area contributed by atoms with Crippen LogP contribution in [0, 0.1) is 0 Å². The van der Waals surface area contributed by atoms with Crippen molar-refractivity contribution in [1.82, 2.24) is 19.7 Å². The number of hydrogen-bond donors (Lipinski definition) is 1. The van der Waals surface area contributed by atoms with Gasteiger partial charge < -0.3 is 14.6 Å². The van der Waals surface area contributed by atoms with Crippen molar-refractivity contribution in [2.24, 2.45) is 7.05 Å². The lowest BCUT2D eigenvalue weighted by Crippen LogP contribution is -2.29. The lowest BCUT2D eigenvalue weighted by atomic mass is 10.1. The van der Waals surface area contributed by atoms with Crippen LogP contribution in [0.2, 0.25) is 0 Å². The Labute approximate surface area is 141 Å². The van der Waals surface area contributed by atoms with Crippen molar-refractivity contribution in [3.05, 3.63) is 54.5 Å². The van der Waals surface area contributed by atoms with Crippen LogP contribution in [0.1, 0.15) is 5.56 Å². The summed E-state index contributed by atoms with van der Waals surface area (Å²) in [5, 5.41) is 8.13. The van der Waals surface area contributed by atoms with E-state index in [1.54, 1.807) is 6.20 Å². The number of benzene rings is 1. The fraction of sp³-hybridized carbons (Fsp3) is 0.333. The number of amides is 1. The molecule has 0 fully saturated rings. The van der Waals surface area contributed by atoms with E-state index < -0.39 is 0 Å². The number of aromatic nitrogens is 3. The average molecular weight is 326 g/mol. The topological polar surface area (TPSA) is 61.1 Å². The van der Waals surface area contributed by atoms with E-state index >= 15 is 0 Å². The van der Waals surface area contributed by atoms with Crippen LogP contribution in [0.5, 0.6) is 0 Å². The molecule has 2 heterocycles. The summed E-state index contributed by atoms with van der Waals surface area (Å²) in [7, 11) is 2.00. The van der Waals surface area contributed by atoms with E-state index in [-0.39, 0.29) is 5.91 Å². The smallest absolute Gasteiger partial charge is 0.224 e. The zero-order valence-corrected chi connectivity index (χ0v) is 13.8. The Kier molecular flexibility index (Phi) is 5.28. The third-order valence-electron chi connectivity index (χ3n) is 3.92. The standard InChI is InChI=1S/C18H22N4O2/c1-21-14-15(16-5-2-3-6-17(16)21)13-18(23)19-8-11-24-12-10-22-9-4-7-20-22/h2-7,9,14H,8,10-13H2,1H3,(H,19,23). The number of nitrogens with zero attached hydrogens (tertiary/aromatic N) is 3. The van der Waals surface area contributed by atoms with E-state index in [1.807, 2.05) is 42.3 Å². The minimum absolute atomic E-state index is 0.0158. The Bertz CT molecular complexity index is 793. The van der Waals surface area contributed by atoms with Gasteiger partial charge in [-0.1, -0.05) is 18.2 Å². The molecule has 0 bridgehead atoms. The maximum atomic E-state index is 12.1. The molecule has 0 saturated heterocycles. The van der Waals surface area contributed by atoms with Gasteiger partial charge in [0.1, 0.15) is 0 Å². The molecule has 1 amide bonds. The zero-order chi connectivity index (χ0) is 16.8. The third-order valence-corrected chi connectivity index (χ3v) is 3.92. The van der Waals surface area contributed by atoms with E-state index in [0.717, 1.165) is 23.0 Å². The van der Waals surface area contributed by atoms with Crippen LogP contribution in [0.4, 0.5) is 0 Å². The molecule has 0 saturated carbocycles. The Morgan fingerprint density at radius 3 is 2.96 bits per heavy atom. The van der Waals surface area contributed by atoms with Gasteiger partial charge in [0, 0.05) is 43.1 Å². The van der Waals surface area contributed by atoms with Crippen molar-refractivity contribution >= 4 is 16.8 Å². The van der Waals surface area contributed by atoms with Crippen LogP contribution >= 0.6 is 0 Å². The minimum Gasteiger partial charge on any atom is -0.378 e. The number of aryl methyl sites for hydroxylation is 1. The number of ether oxygens (including phenoxy) is 1. The summed E-state index contributed by atoms with van der Waals surface area (Å²) in [6.07, 6.45) is 6.04. The quantitative estimate of drug-likeness (QED) is 0.642. The molecule has 126 valence electrons. The molecule has 0 aliphatic rings. The second kappa shape index (κ2) is 7.79. The van der Waals surface area contributed by atoms with Gasteiger partial charge in [-0.2, -0.15) is 5.10 Å². The molecule has 1 aromatic carbocycles. The molecule has 0 spiro atoms. The predicted molar refractivity (Wildman–Crippen MR) is 92.7 cm³/mol. The van der Waals surface area contributed by atoms with E-state index in [4.69, 9.17) is 4.74 Å². The van der Waals surface area contributed by atoms with E-state index in [0.29, 0.717) is 26.2 Å². The molecule has 0 aliphatic heterocycles. The Morgan fingerprint density at radius 2 is 2.12 bits per heavy atom. The van der Waals surface area contributed by atoms with E-state index in [1.165, 1.54) is 0 Å². The van der Waals surface area contributed by atoms with Crippen LogP contribution in [0.25, 0.3) is 10.9 Å². The van der Waals surface area contributed by atoms with Crippen LogP contribution in [-0.4, -0.2) is 40.0 Å². The number of hydrogen-bond acceptors (Lipinski definition) is 3. The molecule has 3 aromatic rings. The fourth-order valence-corrected chi connectivity index (χ4v) is 2.76. The number of rotatable bonds is 8. The third kappa shape index (κ3) is 4.02. The summed E-state index contributed by atoms with van der Waals surface area (Å²) in [6, 6.07) is 10.00. The van der Waals surface area contributed by atoms with Gasteiger partial charge in [0.15, 0.2) is 0 Å². The summed E-state index contributed by atoms with van der Waals surface area (Å²) in [5.41, 5.74) is 2.19. The molecule has 0 atom stereocenters. The highest BCUT2D eigenvalue weighted by Gasteiger charge is 2.09. The molecule has 3 rings (SSSR count). The first-order valence-electron chi connectivity index (χ1n) is 8.09. The van der Waals surface area contributed by atoms with Crippen molar-refractivity contribution in [2.75, 3.05) is 19.8 Å². The lowest BCUT2D eigenvalue weighted by molar-refractivity contribution is -0.120. The fourth-order valence-electron chi connectivity index (χ4n) is 2.76. The minimum atomic E-state index is 0.0158. The average Bonchev–Trinajstić information content (AvgIpc) is 3.20. The monoisotopic (exact) mass is 326 g/mol. The Balaban J connectivity index is 1.39. The SMILES string of the molecule is Cn1cc(CC(=O)NCCOCCn2cccn2)c2ccccc21. The molecule has 0 unspecified atom stereocenters. The Morgan fingerprint density at radius 1 is 1.25 bits per heavy atom. The van der Waals surface area contributed by atoms with Crippen LogP contribution < -0.4 is 5.32 Å². The molecule has 1 N–H and O–H groups in total. The first-order chi connectivity index (χ1) is 11.7. The maximum absolute atomic E-state index is 12.1. The maximum Gasteiger partial charge on any atom is 0.224 e. The first-order valence-corrected chi connectivity index (χ1v) is 8.09. The molecular weight excluding hydrogens is 304 g/mol. The van der Waals surface area contributed by atoms with Crippen LogP contribution in [0.15, 0.2) is 48.9 Å². The second-order valence-corrected chi connectivity index (χ2v) is 5.69. The largest absolute Gasteiger partial charge is 0.378 e. The van der Waals surface area contributed by atoms with Crippen molar-refractivity contribution in [3.8, 4) is 0 Å². The lowest BCUT2D eigenvalue weighted by Gasteiger charge is -2.06. The van der Waals surface area contributed by atoms with E-state index in [9.17, 15) is 4.79 Å². The van der Waals surface area contributed by atoms with E-state index in [2.05, 4.69) is 27.1 Å². The summed E-state index contributed by atoms with van der Waals surface area (Å²) >= 11 is 0. The van der Waals surface area contributed by atoms with Gasteiger partial charge in [0.2, 0.25) is 5.91 Å². The summed E-state index contributed by atoms with van der Waals surface area (Å²) in [6.45, 7) is 2.32. The number of fused-ring (bicyclic) bond motifs is 1. The number of nitrogens with one attached hydrogen (secondary N) is 1. The zero-order valence-electron chi connectivity index (χ0n) is 13.8. The van der Waals surface area contributed by atoms with Crippen LogP contribution in [-0.2, 0) is 29.5 Å². The van der Waals surface area contributed by atoms with Gasteiger partial charge in [-0.25, -0.2) is 0 Å². The summed E-state index contributed by atoms with van der Waals surface area (Å²) < 4.78 is 9.37. The molecule has 0 radical (unpaired) electrons. The van der Waals surface area contributed by atoms with Gasteiger partial charge in [0.05, 0.1) is 26.2 Å². The second-order valence-electron chi connectivity index (χ2n) is 5.69. The number of carbonyl (C=O) groups is 1. The number of carbonyl (C=O) groups excluding carboxylic acids is 1. The molecule has 6 nitrogen and oxygen atoms in total. The number of para-hydroxylation sites is 1. The predicted octanol–water partition coefficient (Wildman–Crippen LogP) is 1.75. The van der Waals surface area contributed by atoms with Crippen LogP contribution in [0.3, 0.4) is 0 Å². The highest BCUT2D eigenvalue weighted by Crippen LogP contribution is 2.20.